The highest BCUT2D eigenvalue weighted by molar-refractivity contribution is 6.19. The van der Waals surface area contributed by atoms with Gasteiger partial charge in [0.15, 0.2) is 0 Å². The zero-order valence-electron chi connectivity index (χ0n) is 20.0. The monoisotopic (exact) mass is 448 g/mol. The molecule has 4 radical (unpaired) electrons. The molecular formula is C25H31B2FN2O3. The van der Waals surface area contributed by atoms with Crippen molar-refractivity contribution in [2.24, 2.45) is 5.41 Å². The zero-order chi connectivity index (χ0) is 24.6. The van der Waals surface area contributed by atoms with Crippen LogP contribution in [0, 0.1) is 25.1 Å². The average Bonchev–Trinajstić information content (AvgIpc) is 2.78. The molecule has 0 spiro atoms. The van der Waals surface area contributed by atoms with Crippen LogP contribution in [0.1, 0.15) is 50.3 Å². The second kappa shape index (κ2) is 9.15. The highest BCUT2D eigenvalue weighted by atomic mass is 19.1. The van der Waals surface area contributed by atoms with E-state index in [1.54, 1.807) is 4.90 Å². The number of benzene rings is 2. The topological polar surface area (TPSA) is 61.8 Å². The summed E-state index contributed by atoms with van der Waals surface area (Å²) in [6.07, 6.45) is 0.273. The maximum atomic E-state index is 13.4. The number of amides is 1. The van der Waals surface area contributed by atoms with Crippen LogP contribution >= 0.6 is 0 Å². The fourth-order valence-electron chi connectivity index (χ4n) is 4.27. The van der Waals surface area contributed by atoms with Crippen LogP contribution in [0.25, 0.3) is 0 Å². The number of ether oxygens (including phenoxy) is 1. The molecule has 1 aliphatic rings. The minimum atomic E-state index is -1.82. The van der Waals surface area contributed by atoms with E-state index in [1.807, 2.05) is 46.8 Å². The van der Waals surface area contributed by atoms with E-state index in [4.69, 9.17) is 20.4 Å². The van der Waals surface area contributed by atoms with Crippen LogP contribution < -0.4 is 10.2 Å². The molecule has 0 aromatic heterocycles. The Morgan fingerprint density at radius 1 is 1.18 bits per heavy atom. The van der Waals surface area contributed by atoms with E-state index >= 15 is 0 Å². The summed E-state index contributed by atoms with van der Waals surface area (Å²) in [5, 5.41) is 14.3. The van der Waals surface area contributed by atoms with Crippen LogP contribution in [0.15, 0.2) is 36.4 Å². The highest BCUT2D eigenvalue weighted by Crippen LogP contribution is 2.38. The van der Waals surface area contributed by atoms with Crippen molar-refractivity contribution >= 4 is 33.0 Å². The molecule has 172 valence electrons. The molecule has 1 aliphatic heterocycles. The first-order valence-corrected chi connectivity index (χ1v) is 11.1. The molecule has 0 saturated carbocycles. The number of hydrogen-bond acceptors (Lipinski definition) is 4. The van der Waals surface area contributed by atoms with Gasteiger partial charge in [0.2, 0.25) is 5.91 Å². The van der Waals surface area contributed by atoms with Gasteiger partial charge in [-0.05, 0) is 60.2 Å². The van der Waals surface area contributed by atoms with Crippen molar-refractivity contribution < 1.29 is 19.0 Å². The van der Waals surface area contributed by atoms with Gasteiger partial charge in [-0.15, -0.1) is 0 Å². The van der Waals surface area contributed by atoms with Gasteiger partial charge in [-0.25, -0.2) is 4.39 Å². The lowest BCUT2D eigenvalue weighted by molar-refractivity contribution is -0.117. The smallest absolute Gasteiger partial charge is 0.224 e. The van der Waals surface area contributed by atoms with Crippen LogP contribution in [-0.2, 0) is 15.0 Å². The number of aliphatic hydroxyl groups is 1. The van der Waals surface area contributed by atoms with Crippen LogP contribution in [0.5, 0.6) is 0 Å². The summed E-state index contributed by atoms with van der Waals surface area (Å²) in [4.78, 5) is 14.1. The number of carbonyl (C=O) groups excluding carboxylic acids is 1. The van der Waals surface area contributed by atoms with Crippen LogP contribution in [0.3, 0.4) is 0 Å². The standard InChI is InChI=1S/C25H31B2FN2O3/c1-16-12-20(13-17(2)22(16)29-21(31)14-23(3,4)5)30-10-11-33-24(26,15-25(30,27)32)18-6-8-19(28)9-7-18/h6-9,12-13,32H,10-11,14-15H2,1-5H3,(H,29,31). The summed E-state index contributed by atoms with van der Waals surface area (Å²) in [7, 11) is 12.8. The Morgan fingerprint density at radius 3 is 2.30 bits per heavy atom. The van der Waals surface area contributed by atoms with E-state index in [9.17, 15) is 14.3 Å². The van der Waals surface area contributed by atoms with Crippen molar-refractivity contribution in [3.05, 3.63) is 58.9 Å². The SMILES string of the molecule is [B]C1(c2ccc(F)cc2)CC([B])(O)N(c2cc(C)c(NC(=O)CC(C)(C)C)c(C)c2)CCO1. The van der Waals surface area contributed by atoms with Crippen molar-refractivity contribution in [1.29, 1.82) is 0 Å². The fourth-order valence-corrected chi connectivity index (χ4v) is 4.27. The van der Waals surface area contributed by atoms with Crippen LogP contribution in [0.4, 0.5) is 15.8 Å². The van der Waals surface area contributed by atoms with Gasteiger partial charge in [-0.2, -0.15) is 0 Å². The van der Waals surface area contributed by atoms with Gasteiger partial charge in [0.25, 0.3) is 0 Å². The number of halogens is 1. The lowest BCUT2D eigenvalue weighted by Gasteiger charge is -2.41. The van der Waals surface area contributed by atoms with E-state index in [1.165, 1.54) is 24.3 Å². The quantitative estimate of drug-likeness (QED) is 0.698. The molecule has 2 aromatic carbocycles. The molecule has 1 amide bonds. The second-order valence-electron chi connectivity index (χ2n) is 10.2. The van der Waals surface area contributed by atoms with E-state index in [0.717, 1.165) is 16.8 Å². The molecule has 1 saturated heterocycles. The van der Waals surface area contributed by atoms with E-state index < -0.39 is 11.1 Å². The number of nitrogens with one attached hydrogen (secondary N) is 1. The first-order valence-electron chi connectivity index (χ1n) is 11.1. The summed E-state index contributed by atoms with van der Waals surface area (Å²) in [5.41, 5.74) is 0.352. The lowest BCUT2D eigenvalue weighted by Crippen LogP contribution is -2.52. The number of rotatable bonds is 4. The van der Waals surface area contributed by atoms with Crippen LogP contribution in [0.2, 0.25) is 0 Å². The fraction of sp³-hybridized carbons (Fsp3) is 0.480. The largest absolute Gasteiger partial charge is 0.380 e. The molecule has 2 unspecified atom stereocenters. The number of hydrogen-bond donors (Lipinski definition) is 2. The Balaban J connectivity index is 1.87. The number of carbonyl (C=O) groups is 1. The third-order valence-electron chi connectivity index (χ3n) is 5.78. The zero-order valence-corrected chi connectivity index (χ0v) is 20.0. The van der Waals surface area contributed by atoms with Gasteiger partial charge < -0.3 is 20.1 Å². The average molecular weight is 448 g/mol. The van der Waals surface area contributed by atoms with Crippen molar-refractivity contribution in [3.63, 3.8) is 0 Å². The van der Waals surface area contributed by atoms with Gasteiger partial charge in [-0.3, -0.25) is 4.79 Å². The molecule has 1 fully saturated rings. The summed E-state index contributed by atoms with van der Waals surface area (Å²) >= 11 is 0. The van der Waals surface area contributed by atoms with Crippen molar-refractivity contribution in [1.82, 2.24) is 0 Å². The normalized spacial score (nSPS) is 23.8. The predicted molar refractivity (Wildman–Crippen MR) is 131 cm³/mol. The van der Waals surface area contributed by atoms with Gasteiger partial charge in [0.05, 0.1) is 17.7 Å². The molecule has 3 rings (SSSR count). The molecule has 2 N–H and O–H groups in total. The van der Waals surface area contributed by atoms with Gasteiger partial charge in [-0.1, -0.05) is 32.9 Å². The molecule has 0 aliphatic carbocycles. The summed E-state index contributed by atoms with van der Waals surface area (Å²) in [6.45, 7) is 10.3. The minimum absolute atomic E-state index is 0.0489. The summed E-state index contributed by atoms with van der Waals surface area (Å²) < 4.78 is 19.3. The summed E-state index contributed by atoms with van der Waals surface area (Å²) in [5.74, 6) is -0.437. The molecular weight excluding hydrogens is 417 g/mol. The molecule has 1 heterocycles. The van der Waals surface area contributed by atoms with E-state index in [-0.39, 0.29) is 30.2 Å². The molecule has 5 nitrogen and oxygen atoms in total. The Kier molecular flexibility index (Phi) is 7.02. The number of nitrogens with zero attached hydrogens (tertiary/aromatic N) is 1. The first-order chi connectivity index (χ1) is 15.2. The van der Waals surface area contributed by atoms with Gasteiger partial charge >= 0.3 is 0 Å². The van der Waals surface area contributed by atoms with Crippen LogP contribution in [-0.4, -0.2) is 45.5 Å². The Hall–Kier alpha value is -2.31. The third kappa shape index (κ3) is 5.98. The second-order valence-corrected chi connectivity index (χ2v) is 10.2. The third-order valence-corrected chi connectivity index (χ3v) is 5.78. The van der Waals surface area contributed by atoms with Crippen molar-refractivity contribution in [3.8, 4) is 0 Å². The highest BCUT2D eigenvalue weighted by Gasteiger charge is 2.42. The molecule has 8 heteroatoms. The Labute approximate surface area is 198 Å². The van der Waals surface area contributed by atoms with Gasteiger partial charge in [0.1, 0.15) is 21.5 Å². The minimum Gasteiger partial charge on any atom is -0.380 e. The van der Waals surface area contributed by atoms with Crippen molar-refractivity contribution in [2.45, 2.75) is 58.6 Å². The number of anilines is 2. The molecule has 2 atom stereocenters. The summed E-state index contributed by atoms with van der Waals surface area (Å²) in [6, 6.07) is 9.41. The van der Waals surface area contributed by atoms with Gasteiger partial charge in [0, 0.05) is 30.8 Å². The van der Waals surface area contributed by atoms with Crippen molar-refractivity contribution in [2.75, 3.05) is 23.4 Å². The Bertz CT molecular complexity index is 998. The maximum Gasteiger partial charge on any atom is 0.224 e. The molecule has 2 aromatic rings. The number of aryl methyl sites for hydroxylation is 2. The lowest BCUT2D eigenvalue weighted by atomic mass is 9.66. The van der Waals surface area contributed by atoms with E-state index in [0.29, 0.717) is 24.2 Å². The first kappa shape index (κ1) is 25.3. The predicted octanol–water partition coefficient (Wildman–Crippen LogP) is 3.88. The maximum absolute atomic E-state index is 13.4. The molecule has 0 bridgehead atoms. The molecule has 33 heavy (non-hydrogen) atoms. The van der Waals surface area contributed by atoms with E-state index in [2.05, 4.69) is 5.32 Å². The Morgan fingerprint density at radius 2 is 1.76 bits per heavy atom.